The molecule has 0 spiro atoms. The van der Waals surface area contributed by atoms with Gasteiger partial charge in [0.25, 0.3) is 0 Å². The van der Waals surface area contributed by atoms with Gasteiger partial charge >= 0.3 is 0 Å². The van der Waals surface area contributed by atoms with Crippen LogP contribution in [0.15, 0.2) is 12.4 Å². The number of hydrogen-bond donors (Lipinski definition) is 3. The third-order valence-electron chi connectivity index (χ3n) is 1.73. The van der Waals surface area contributed by atoms with Crippen LogP contribution in [-0.4, -0.2) is 38.9 Å². The summed E-state index contributed by atoms with van der Waals surface area (Å²) < 4.78 is 12.4. The Labute approximate surface area is 80.6 Å². The molecule has 0 aliphatic rings. The van der Waals surface area contributed by atoms with Gasteiger partial charge in [0.05, 0.1) is 31.1 Å². The Kier molecular flexibility index (Phi) is 3.32. The molecular formula is C8H12FN3O2. The maximum absolute atomic E-state index is 12.4. The average Bonchev–Trinajstić information content (AvgIpc) is 2.21. The van der Waals surface area contributed by atoms with Gasteiger partial charge in [0.1, 0.15) is 0 Å². The van der Waals surface area contributed by atoms with Crippen molar-refractivity contribution < 1.29 is 14.6 Å². The van der Waals surface area contributed by atoms with Crippen molar-refractivity contribution in [2.24, 2.45) is 0 Å². The zero-order chi connectivity index (χ0) is 10.6. The fourth-order valence-corrected chi connectivity index (χ4v) is 0.776. The molecule has 0 atom stereocenters. The topological polar surface area (TPSA) is 78.3 Å². The predicted molar refractivity (Wildman–Crippen MR) is 48.2 cm³/mol. The summed E-state index contributed by atoms with van der Waals surface area (Å²) in [5.41, 5.74) is -0.905. The Morgan fingerprint density at radius 1 is 1.36 bits per heavy atom. The fraction of sp³-hybridized carbons (Fsp3) is 0.500. The minimum Gasteiger partial charge on any atom is -0.394 e. The van der Waals surface area contributed by atoms with Gasteiger partial charge in [-0.2, -0.15) is 0 Å². The largest absolute Gasteiger partial charge is 0.394 e. The van der Waals surface area contributed by atoms with Crippen LogP contribution in [0.25, 0.3) is 0 Å². The lowest BCUT2D eigenvalue weighted by atomic mass is 10.1. The molecule has 0 aromatic carbocycles. The van der Waals surface area contributed by atoms with Crippen LogP contribution in [0, 0.1) is 5.82 Å². The lowest BCUT2D eigenvalue weighted by Crippen LogP contribution is -2.43. The molecular weight excluding hydrogens is 189 g/mol. The molecule has 0 bridgehead atoms. The number of aromatic nitrogens is 2. The molecule has 1 aromatic rings. The zero-order valence-corrected chi connectivity index (χ0v) is 7.74. The van der Waals surface area contributed by atoms with E-state index in [-0.39, 0.29) is 19.2 Å². The van der Waals surface area contributed by atoms with E-state index in [2.05, 4.69) is 15.3 Å². The second-order valence-corrected chi connectivity index (χ2v) is 3.23. The van der Waals surface area contributed by atoms with E-state index < -0.39 is 11.4 Å². The predicted octanol–water partition coefficient (Wildman–Crippen LogP) is -0.229. The molecule has 78 valence electrons. The fourth-order valence-electron chi connectivity index (χ4n) is 0.776. The lowest BCUT2D eigenvalue weighted by Gasteiger charge is -2.25. The van der Waals surface area contributed by atoms with Crippen molar-refractivity contribution in [3.05, 3.63) is 18.2 Å². The first-order valence-corrected chi connectivity index (χ1v) is 4.07. The van der Waals surface area contributed by atoms with Crippen molar-refractivity contribution in [2.45, 2.75) is 12.5 Å². The smallest absolute Gasteiger partial charge is 0.223 e. The van der Waals surface area contributed by atoms with Gasteiger partial charge in [-0.25, -0.2) is 14.4 Å². The quantitative estimate of drug-likeness (QED) is 0.627. The molecule has 5 nitrogen and oxygen atoms in total. The van der Waals surface area contributed by atoms with Crippen molar-refractivity contribution >= 4 is 5.95 Å². The van der Waals surface area contributed by atoms with Crippen molar-refractivity contribution in [3.8, 4) is 0 Å². The van der Waals surface area contributed by atoms with Crippen molar-refractivity contribution in [3.63, 3.8) is 0 Å². The Bertz CT molecular complexity index is 287. The van der Waals surface area contributed by atoms with Crippen molar-refractivity contribution in [2.75, 3.05) is 18.5 Å². The van der Waals surface area contributed by atoms with E-state index in [4.69, 9.17) is 10.2 Å². The molecule has 0 radical (unpaired) electrons. The van der Waals surface area contributed by atoms with Gasteiger partial charge in [-0.3, -0.25) is 0 Å². The highest BCUT2D eigenvalue weighted by Crippen LogP contribution is 2.09. The van der Waals surface area contributed by atoms with Gasteiger partial charge in [0, 0.05) is 0 Å². The van der Waals surface area contributed by atoms with E-state index in [1.165, 1.54) is 0 Å². The van der Waals surface area contributed by atoms with E-state index >= 15 is 0 Å². The highest BCUT2D eigenvalue weighted by molar-refractivity contribution is 5.27. The molecule has 14 heavy (non-hydrogen) atoms. The van der Waals surface area contributed by atoms with E-state index in [1.807, 2.05) is 0 Å². The van der Waals surface area contributed by atoms with Crippen LogP contribution in [0.2, 0.25) is 0 Å². The molecule has 0 amide bonds. The summed E-state index contributed by atoms with van der Waals surface area (Å²) in [6.45, 7) is 1.05. The number of hydrogen-bond acceptors (Lipinski definition) is 5. The van der Waals surface area contributed by atoms with Crippen molar-refractivity contribution in [1.82, 2.24) is 9.97 Å². The van der Waals surface area contributed by atoms with Crippen LogP contribution in [0.3, 0.4) is 0 Å². The summed E-state index contributed by atoms with van der Waals surface area (Å²) in [7, 11) is 0. The second kappa shape index (κ2) is 4.30. The third-order valence-corrected chi connectivity index (χ3v) is 1.73. The van der Waals surface area contributed by atoms with Gasteiger partial charge in [-0.1, -0.05) is 0 Å². The van der Waals surface area contributed by atoms with Gasteiger partial charge in [0.15, 0.2) is 5.82 Å². The highest BCUT2D eigenvalue weighted by atomic mass is 19.1. The maximum atomic E-state index is 12.4. The Hall–Kier alpha value is -1.27. The Balaban J connectivity index is 2.72. The molecule has 6 heteroatoms. The molecule has 0 unspecified atom stereocenters. The van der Waals surface area contributed by atoms with Crippen LogP contribution in [-0.2, 0) is 0 Å². The highest BCUT2D eigenvalue weighted by Gasteiger charge is 2.22. The number of aliphatic hydroxyl groups is 2. The van der Waals surface area contributed by atoms with Crippen molar-refractivity contribution in [1.29, 1.82) is 0 Å². The van der Waals surface area contributed by atoms with Crippen LogP contribution in [0.5, 0.6) is 0 Å². The summed E-state index contributed by atoms with van der Waals surface area (Å²) >= 11 is 0. The van der Waals surface area contributed by atoms with Crippen LogP contribution >= 0.6 is 0 Å². The van der Waals surface area contributed by atoms with Gasteiger partial charge in [-0.15, -0.1) is 0 Å². The molecule has 1 heterocycles. The number of nitrogens with zero attached hydrogens (tertiary/aromatic N) is 2. The summed E-state index contributed by atoms with van der Waals surface area (Å²) in [5, 5.41) is 20.6. The van der Waals surface area contributed by atoms with Gasteiger partial charge < -0.3 is 15.5 Å². The second-order valence-electron chi connectivity index (χ2n) is 3.23. The average molecular weight is 201 g/mol. The monoisotopic (exact) mass is 201 g/mol. The maximum Gasteiger partial charge on any atom is 0.223 e. The van der Waals surface area contributed by atoms with Crippen LogP contribution in [0.4, 0.5) is 10.3 Å². The third kappa shape index (κ3) is 2.61. The number of nitrogens with one attached hydrogen (secondary N) is 1. The molecule has 0 aliphatic carbocycles. The van der Waals surface area contributed by atoms with E-state index in [1.54, 1.807) is 6.92 Å². The Morgan fingerprint density at radius 3 is 2.29 bits per heavy atom. The SMILES string of the molecule is CC(CO)(CO)Nc1ncc(F)cn1. The van der Waals surface area contributed by atoms with E-state index in [0.29, 0.717) is 0 Å². The van der Waals surface area contributed by atoms with Gasteiger partial charge in [0.2, 0.25) is 5.95 Å². The minimum atomic E-state index is -0.905. The zero-order valence-electron chi connectivity index (χ0n) is 7.74. The normalized spacial score (nSPS) is 11.4. The summed E-state index contributed by atoms with van der Waals surface area (Å²) in [6, 6.07) is 0. The molecule has 0 saturated carbocycles. The van der Waals surface area contributed by atoms with Gasteiger partial charge in [-0.05, 0) is 6.92 Å². The minimum absolute atomic E-state index is 0.164. The Morgan fingerprint density at radius 2 is 1.86 bits per heavy atom. The summed E-state index contributed by atoms with van der Waals surface area (Å²) in [5.74, 6) is -0.373. The molecule has 0 saturated heterocycles. The van der Waals surface area contributed by atoms with E-state index in [9.17, 15) is 4.39 Å². The first-order chi connectivity index (χ1) is 6.59. The summed E-state index contributed by atoms with van der Waals surface area (Å²) in [6.07, 6.45) is 2.01. The first kappa shape index (κ1) is 10.8. The molecule has 0 aliphatic heterocycles. The number of halogens is 1. The van der Waals surface area contributed by atoms with Crippen LogP contribution in [0.1, 0.15) is 6.92 Å². The molecule has 1 aromatic heterocycles. The first-order valence-electron chi connectivity index (χ1n) is 4.07. The number of rotatable bonds is 4. The van der Waals surface area contributed by atoms with E-state index in [0.717, 1.165) is 12.4 Å². The number of anilines is 1. The lowest BCUT2D eigenvalue weighted by molar-refractivity contribution is 0.147. The van der Waals surface area contributed by atoms with Crippen LogP contribution < -0.4 is 5.32 Å². The molecule has 0 fully saturated rings. The molecule has 3 N–H and O–H groups in total. The molecule has 1 rings (SSSR count). The summed E-state index contributed by atoms with van der Waals surface area (Å²) in [4.78, 5) is 7.28. The standard InChI is InChI=1S/C8H12FN3O2/c1-8(4-13,5-14)12-7-10-2-6(9)3-11-7/h2-3,13-14H,4-5H2,1H3,(H,10,11,12). The number of aliphatic hydroxyl groups excluding tert-OH is 2.